The summed E-state index contributed by atoms with van der Waals surface area (Å²) in [5.74, 6) is -0.221. The van der Waals surface area contributed by atoms with Gasteiger partial charge in [-0.15, -0.1) is 0 Å². The maximum Gasteiger partial charge on any atom is 0.321 e. The Bertz CT molecular complexity index is 349. The molecule has 0 spiro atoms. The Morgan fingerprint density at radius 1 is 1.05 bits per heavy atom. The number of hydrogen-bond acceptors (Lipinski definition) is 4. The fourth-order valence-corrected chi connectivity index (χ4v) is 2.78. The van der Waals surface area contributed by atoms with Crippen LogP contribution in [0.3, 0.4) is 0 Å². The highest BCUT2D eigenvalue weighted by Crippen LogP contribution is 2.22. The molecule has 0 radical (unpaired) electrons. The molecular formula is C14H26N4O2. The Morgan fingerprint density at radius 2 is 1.65 bits per heavy atom. The monoisotopic (exact) mass is 282 g/mol. The standard InChI is InChI=1S/C14H26N4O2/c1-15-10-5-7-12(8-6-10)18(2)9-13(19)17-14(20)16-11-3-4-11/h10-12,15H,3-9H2,1-2H3,(H2,16,17,19,20). The SMILES string of the molecule is CNC1CCC(N(C)CC(=O)NC(=O)NC2CC2)CC1. The van der Waals surface area contributed by atoms with Crippen LogP contribution < -0.4 is 16.0 Å². The lowest BCUT2D eigenvalue weighted by Gasteiger charge is -2.34. The van der Waals surface area contributed by atoms with Gasteiger partial charge < -0.3 is 10.6 Å². The molecule has 0 aromatic heterocycles. The zero-order valence-electron chi connectivity index (χ0n) is 12.4. The van der Waals surface area contributed by atoms with E-state index in [4.69, 9.17) is 0 Å². The van der Waals surface area contributed by atoms with Gasteiger partial charge in [-0.25, -0.2) is 4.79 Å². The average Bonchev–Trinajstić information content (AvgIpc) is 3.22. The molecule has 3 amide bonds. The zero-order valence-corrected chi connectivity index (χ0v) is 12.4. The third-order valence-corrected chi connectivity index (χ3v) is 4.29. The summed E-state index contributed by atoms with van der Waals surface area (Å²) in [6.45, 7) is 0.285. The first-order chi connectivity index (χ1) is 9.58. The van der Waals surface area contributed by atoms with Crippen molar-refractivity contribution in [3.05, 3.63) is 0 Å². The van der Waals surface area contributed by atoms with Crippen LogP contribution in [0.2, 0.25) is 0 Å². The second kappa shape index (κ2) is 7.04. The lowest BCUT2D eigenvalue weighted by atomic mass is 9.90. The van der Waals surface area contributed by atoms with E-state index < -0.39 is 0 Å². The molecule has 6 nitrogen and oxygen atoms in total. The van der Waals surface area contributed by atoms with E-state index in [1.54, 1.807) is 0 Å². The Morgan fingerprint density at radius 3 is 2.20 bits per heavy atom. The summed E-state index contributed by atoms with van der Waals surface area (Å²) in [6.07, 6.45) is 6.55. The smallest absolute Gasteiger partial charge is 0.321 e. The summed E-state index contributed by atoms with van der Waals surface area (Å²) in [5, 5.41) is 8.46. The number of nitrogens with one attached hydrogen (secondary N) is 3. The number of imide groups is 1. The van der Waals surface area contributed by atoms with E-state index >= 15 is 0 Å². The molecule has 0 unspecified atom stereocenters. The van der Waals surface area contributed by atoms with Crippen LogP contribution in [-0.4, -0.2) is 55.6 Å². The van der Waals surface area contributed by atoms with Crippen LogP contribution in [0.5, 0.6) is 0 Å². The average molecular weight is 282 g/mol. The Kier molecular flexibility index (Phi) is 5.37. The third kappa shape index (κ3) is 4.76. The maximum absolute atomic E-state index is 11.8. The van der Waals surface area contributed by atoms with Crippen molar-refractivity contribution in [3.63, 3.8) is 0 Å². The number of rotatable bonds is 5. The van der Waals surface area contributed by atoms with E-state index in [9.17, 15) is 9.59 Å². The fourth-order valence-electron chi connectivity index (χ4n) is 2.78. The maximum atomic E-state index is 11.8. The van der Waals surface area contributed by atoms with Crippen LogP contribution >= 0.6 is 0 Å². The molecular weight excluding hydrogens is 256 g/mol. The minimum absolute atomic E-state index is 0.221. The molecule has 6 heteroatoms. The molecule has 0 bridgehead atoms. The molecule has 2 fully saturated rings. The Hall–Kier alpha value is -1.14. The van der Waals surface area contributed by atoms with Crippen LogP contribution in [0, 0.1) is 0 Å². The number of amides is 3. The van der Waals surface area contributed by atoms with Crippen LogP contribution in [-0.2, 0) is 4.79 Å². The molecule has 0 aliphatic heterocycles. The van der Waals surface area contributed by atoms with Gasteiger partial charge >= 0.3 is 6.03 Å². The number of hydrogen-bond donors (Lipinski definition) is 3. The van der Waals surface area contributed by atoms with E-state index in [2.05, 4.69) is 20.9 Å². The first kappa shape index (κ1) is 15.3. The van der Waals surface area contributed by atoms with Crippen molar-refractivity contribution in [3.8, 4) is 0 Å². The van der Waals surface area contributed by atoms with Crippen LogP contribution in [0.15, 0.2) is 0 Å². The number of carbonyl (C=O) groups is 2. The molecule has 2 aliphatic rings. The van der Waals surface area contributed by atoms with Gasteiger partial charge in [-0.2, -0.15) is 0 Å². The molecule has 2 rings (SSSR count). The first-order valence-corrected chi connectivity index (χ1v) is 7.56. The number of likely N-dealkylation sites (N-methyl/N-ethyl adjacent to an activating group) is 1. The van der Waals surface area contributed by atoms with Gasteiger partial charge in [0.05, 0.1) is 6.54 Å². The van der Waals surface area contributed by atoms with Gasteiger partial charge in [0, 0.05) is 18.1 Å². The number of urea groups is 1. The largest absolute Gasteiger partial charge is 0.335 e. The van der Waals surface area contributed by atoms with Gasteiger partial charge in [-0.3, -0.25) is 15.0 Å². The summed E-state index contributed by atoms with van der Waals surface area (Å²) >= 11 is 0. The van der Waals surface area contributed by atoms with Gasteiger partial charge in [-0.1, -0.05) is 0 Å². The van der Waals surface area contributed by atoms with E-state index in [-0.39, 0.29) is 24.5 Å². The molecule has 2 saturated carbocycles. The summed E-state index contributed by atoms with van der Waals surface area (Å²) in [7, 11) is 3.96. The third-order valence-electron chi connectivity index (χ3n) is 4.29. The minimum Gasteiger partial charge on any atom is -0.335 e. The highest BCUT2D eigenvalue weighted by molar-refractivity contribution is 5.95. The van der Waals surface area contributed by atoms with E-state index in [1.807, 2.05) is 14.1 Å². The van der Waals surface area contributed by atoms with Crippen molar-refractivity contribution >= 4 is 11.9 Å². The molecule has 2 aliphatic carbocycles. The lowest BCUT2D eigenvalue weighted by molar-refractivity contribution is -0.121. The van der Waals surface area contributed by atoms with Gasteiger partial charge in [0.15, 0.2) is 0 Å². The minimum atomic E-state index is -0.357. The van der Waals surface area contributed by atoms with E-state index in [1.165, 1.54) is 0 Å². The summed E-state index contributed by atoms with van der Waals surface area (Å²) in [5.41, 5.74) is 0. The molecule has 0 aromatic rings. The van der Waals surface area contributed by atoms with E-state index in [0.717, 1.165) is 38.5 Å². The Balaban J connectivity index is 1.66. The predicted octanol–water partition coefficient (Wildman–Crippen LogP) is 0.437. The molecule has 114 valence electrons. The van der Waals surface area contributed by atoms with Gasteiger partial charge in [0.1, 0.15) is 0 Å². The van der Waals surface area contributed by atoms with Crippen molar-refractivity contribution in [2.45, 2.75) is 56.7 Å². The molecule has 0 saturated heterocycles. The quantitative estimate of drug-likeness (QED) is 0.684. The van der Waals surface area contributed by atoms with Crippen LogP contribution in [0.1, 0.15) is 38.5 Å². The van der Waals surface area contributed by atoms with Crippen molar-refractivity contribution < 1.29 is 9.59 Å². The van der Waals surface area contributed by atoms with Gasteiger partial charge in [0.25, 0.3) is 0 Å². The second-order valence-electron chi connectivity index (χ2n) is 6.01. The molecule has 0 aromatic carbocycles. The summed E-state index contributed by atoms with van der Waals surface area (Å²) < 4.78 is 0. The topological polar surface area (TPSA) is 73.5 Å². The number of carbonyl (C=O) groups excluding carboxylic acids is 2. The van der Waals surface area contributed by atoms with Crippen molar-refractivity contribution in [2.24, 2.45) is 0 Å². The van der Waals surface area contributed by atoms with Crippen molar-refractivity contribution in [2.75, 3.05) is 20.6 Å². The van der Waals surface area contributed by atoms with Crippen molar-refractivity contribution in [1.82, 2.24) is 20.9 Å². The summed E-state index contributed by atoms with van der Waals surface area (Å²) in [4.78, 5) is 25.3. The molecule has 0 heterocycles. The molecule has 3 N–H and O–H groups in total. The van der Waals surface area contributed by atoms with Gasteiger partial charge in [-0.05, 0) is 52.6 Å². The van der Waals surface area contributed by atoms with Crippen LogP contribution in [0.25, 0.3) is 0 Å². The summed E-state index contributed by atoms with van der Waals surface area (Å²) in [6, 6.07) is 0.969. The predicted molar refractivity (Wildman–Crippen MR) is 77.4 cm³/mol. The fraction of sp³-hybridized carbons (Fsp3) is 0.857. The van der Waals surface area contributed by atoms with Gasteiger partial charge in [0.2, 0.25) is 5.91 Å². The highest BCUT2D eigenvalue weighted by atomic mass is 16.2. The van der Waals surface area contributed by atoms with Crippen LogP contribution in [0.4, 0.5) is 4.79 Å². The Labute approximate surface area is 120 Å². The lowest BCUT2D eigenvalue weighted by Crippen LogP contribution is -2.47. The second-order valence-corrected chi connectivity index (χ2v) is 6.01. The molecule has 0 atom stereocenters. The molecule has 20 heavy (non-hydrogen) atoms. The zero-order chi connectivity index (χ0) is 14.5. The number of nitrogens with zero attached hydrogens (tertiary/aromatic N) is 1. The highest BCUT2D eigenvalue weighted by Gasteiger charge is 2.26. The normalized spacial score (nSPS) is 26.4. The van der Waals surface area contributed by atoms with E-state index in [0.29, 0.717) is 12.1 Å². The first-order valence-electron chi connectivity index (χ1n) is 7.56. The van der Waals surface area contributed by atoms with Crippen molar-refractivity contribution in [1.29, 1.82) is 0 Å².